The van der Waals surface area contributed by atoms with Gasteiger partial charge in [-0.25, -0.2) is 0 Å². The second-order valence-corrected chi connectivity index (χ2v) is 3.88. The third-order valence-corrected chi connectivity index (χ3v) is 2.67. The number of nitrogens with two attached hydrogens (primary N) is 1. The zero-order valence-corrected chi connectivity index (χ0v) is 9.37. The second-order valence-electron chi connectivity index (χ2n) is 3.02. The van der Waals surface area contributed by atoms with Crippen molar-refractivity contribution in [2.75, 3.05) is 0 Å². The summed E-state index contributed by atoms with van der Waals surface area (Å²) >= 11 is 3.18. The molecule has 0 aromatic heterocycles. The molecule has 1 aromatic carbocycles. The number of aromatic hydroxyl groups is 1. The summed E-state index contributed by atoms with van der Waals surface area (Å²) in [6.45, 7) is 1.93. The van der Waals surface area contributed by atoms with Crippen LogP contribution in [0.25, 0.3) is 0 Å². The van der Waals surface area contributed by atoms with E-state index in [1.165, 1.54) is 0 Å². The van der Waals surface area contributed by atoms with Crippen molar-refractivity contribution in [1.29, 1.82) is 5.26 Å². The highest BCUT2D eigenvalue weighted by Gasteiger charge is 2.13. The van der Waals surface area contributed by atoms with Crippen molar-refractivity contribution in [1.82, 2.24) is 0 Å². The summed E-state index contributed by atoms with van der Waals surface area (Å²) in [5.41, 5.74) is 6.90. The van der Waals surface area contributed by atoms with Crippen molar-refractivity contribution in [3.05, 3.63) is 27.7 Å². The van der Waals surface area contributed by atoms with Crippen LogP contribution in [-0.2, 0) is 0 Å². The Hall–Kier alpha value is -1.05. The standard InChI is InChI=1S/C10H11BrN2O/c1-2-9(13)7-3-6(5-12)4-8(11)10(7)14/h3-4,9,14H,2,13H2,1H3/t9-/m0/s1. The van der Waals surface area contributed by atoms with E-state index in [4.69, 9.17) is 11.0 Å². The molecule has 0 amide bonds. The van der Waals surface area contributed by atoms with Crippen molar-refractivity contribution in [3.63, 3.8) is 0 Å². The predicted molar refractivity (Wildman–Crippen MR) is 57.7 cm³/mol. The van der Waals surface area contributed by atoms with E-state index in [1.54, 1.807) is 12.1 Å². The van der Waals surface area contributed by atoms with Crippen molar-refractivity contribution in [2.45, 2.75) is 19.4 Å². The largest absolute Gasteiger partial charge is 0.506 e. The molecule has 1 atom stereocenters. The van der Waals surface area contributed by atoms with E-state index < -0.39 is 0 Å². The number of nitrogens with zero attached hydrogens (tertiary/aromatic N) is 1. The molecule has 0 saturated carbocycles. The zero-order valence-electron chi connectivity index (χ0n) is 7.79. The highest BCUT2D eigenvalue weighted by molar-refractivity contribution is 9.10. The van der Waals surface area contributed by atoms with Crippen LogP contribution < -0.4 is 5.73 Å². The molecule has 3 nitrogen and oxygen atoms in total. The van der Waals surface area contributed by atoms with Gasteiger partial charge in [-0.3, -0.25) is 0 Å². The molecule has 4 heteroatoms. The summed E-state index contributed by atoms with van der Waals surface area (Å²) in [4.78, 5) is 0. The summed E-state index contributed by atoms with van der Waals surface area (Å²) in [7, 11) is 0. The average Bonchev–Trinajstić information content (AvgIpc) is 2.20. The number of phenols is 1. The van der Waals surface area contributed by atoms with Gasteiger partial charge in [-0.1, -0.05) is 6.92 Å². The maximum atomic E-state index is 9.68. The van der Waals surface area contributed by atoms with Crippen molar-refractivity contribution < 1.29 is 5.11 Å². The molecule has 0 heterocycles. The fourth-order valence-corrected chi connectivity index (χ4v) is 1.66. The lowest BCUT2D eigenvalue weighted by atomic mass is 10.0. The number of benzene rings is 1. The molecular formula is C10H11BrN2O. The van der Waals surface area contributed by atoms with Gasteiger partial charge in [0.1, 0.15) is 5.75 Å². The Labute approximate surface area is 91.3 Å². The molecular weight excluding hydrogens is 244 g/mol. The van der Waals surface area contributed by atoms with Crippen LogP contribution in [0.2, 0.25) is 0 Å². The Morgan fingerprint density at radius 1 is 1.64 bits per heavy atom. The molecule has 0 radical (unpaired) electrons. The van der Waals surface area contributed by atoms with E-state index in [0.29, 0.717) is 15.6 Å². The number of hydrogen-bond donors (Lipinski definition) is 2. The van der Waals surface area contributed by atoms with Gasteiger partial charge in [-0.2, -0.15) is 5.26 Å². The van der Waals surface area contributed by atoms with E-state index >= 15 is 0 Å². The van der Waals surface area contributed by atoms with Crippen LogP contribution >= 0.6 is 15.9 Å². The first kappa shape index (κ1) is 11.0. The summed E-state index contributed by atoms with van der Waals surface area (Å²) in [5.74, 6) is 0.123. The van der Waals surface area contributed by atoms with Gasteiger partial charge in [0.25, 0.3) is 0 Å². The molecule has 3 N–H and O–H groups in total. The van der Waals surface area contributed by atoms with Crippen LogP contribution in [0.1, 0.15) is 30.5 Å². The van der Waals surface area contributed by atoms with E-state index in [1.807, 2.05) is 13.0 Å². The number of rotatable bonds is 2. The van der Waals surface area contributed by atoms with Crippen LogP contribution in [-0.4, -0.2) is 5.11 Å². The Morgan fingerprint density at radius 2 is 2.29 bits per heavy atom. The van der Waals surface area contributed by atoms with Crippen LogP contribution in [0.4, 0.5) is 0 Å². The van der Waals surface area contributed by atoms with Crippen molar-refractivity contribution in [2.24, 2.45) is 5.73 Å². The Kier molecular flexibility index (Phi) is 3.50. The number of nitriles is 1. The van der Waals surface area contributed by atoms with Gasteiger partial charge in [-0.05, 0) is 34.5 Å². The topological polar surface area (TPSA) is 70.0 Å². The third-order valence-electron chi connectivity index (χ3n) is 2.06. The Morgan fingerprint density at radius 3 is 2.79 bits per heavy atom. The van der Waals surface area contributed by atoms with E-state index in [0.717, 1.165) is 6.42 Å². The first-order valence-corrected chi connectivity index (χ1v) is 5.07. The monoisotopic (exact) mass is 254 g/mol. The van der Waals surface area contributed by atoms with Crippen LogP contribution in [0, 0.1) is 11.3 Å². The first-order valence-electron chi connectivity index (χ1n) is 4.28. The van der Waals surface area contributed by atoms with Gasteiger partial charge in [0.05, 0.1) is 16.1 Å². The molecule has 0 unspecified atom stereocenters. The van der Waals surface area contributed by atoms with Crippen LogP contribution in [0.5, 0.6) is 5.75 Å². The highest BCUT2D eigenvalue weighted by Crippen LogP contribution is 2.33. The molecule has 1 rings (SSSR count). The summed E-state index contributed by atoms with van der Waals surface area (Å²) in [5, 5.41) is 18.4. The van der Waals surface area contributed by atoms with Gasteiger partial charge in [0.2, 0.25) is 0 Å². The fraction of sp³-hybridized carbons (Fsp3) is 0.300. The quantitative estimate of drug-likeness (QED) is 0.852. The molecule has 0 bridgehead atoms. The van der Waals surface area contributed by atoms with Crippen molar-refractivity contribution >= 4 is 15.9 Å². The fourth-order valence-electron chi connectivity index (χ4n) is 1.19. The van der Waals surface area contributed by atoms with Gasteiger partial charge in [-0.15, -0.1) is 0 Å². The Bertz CT molecular complexity index is 384. The molecule has 0 aliphatic rings. The van der Waals surface area contributed by atoms with Crippen LogP contribution in [0.15, 0.2) is 16.6 Å². The lowest BCUT2D eigenvalue weighted by molar-refractivity contribution is 0.457. The van der Waals surface area contributed by atoms with Gasteiger partial charge < -0.3 is 10.8 Å². The summed E-state index contributed by atoms with van der Waals surface area (Å²) < 4.78 is 0.510. The second kappa shape index (κ2) is 4.45. The number of halogens is 1. The normalized spacial score (nSPS) is 12.1. The van der Waals surface area contributed by atoms with Gasteiger partial charge >= 0.3 is 0 Å². The van der Waals surface area contributed by atoms with Crippen LogP contribution in [0.3, 0.4) is 0 Å². The van der Waals surface area contributed by atoms with Gasteiger partial charge in [0.15, 0.2) is 0 Å². The molecule has 74 valence electrons. The van der Waals surface area contributed by atoms with E-state index in [2.05, 4.69) is 15.9 Å². The molecule has 0 saturated heterocycles. The van der Waals surface area contributed by atoms with E-state index in [-0.39, 0.29) is 11.8 Å². The lowest BCUT2D eigenvalue weighted by Gasteiger charge is -2.12. The average molecular weight is 255 g/mol. The smallest absolute Gasteiger partial charge is 0.134 e. The number of phenolic OH excluding ortho intramolecular Hbond substituents is 1. The SMILES string of the molecule is CC[C@H](N)c1cc(C#N)cc(Br)c1O. The molecule has 0 spiro atoms. The minimum Gasteiger partial charge on any atom is -0.506 e. The molecule has 0 aliphatic heterocycles. The third kappa shape index (κ3) is 2.06. The molecule has 1 aromatic rings. The molecule has 0 aliphatic carbocycles. The maximum absolute atomic E-state index is 9.68. The summed E-state index contributed by atoms with van der Waals surface area (Å²) in [6.07, 6.45) is 0.717. The van der Waals surface area contributed by atoms with E-state index in [9.17, 15) is 5.11 Å². The van der Waals surface area contributed by atoms with Crippen molar-refractivity contribution in [3.8, 4) is 11.8 Å². The molecule has 0 fully saturated rings. The lowest BCUT2D eigenvalue weighted by Crippen LogP contribution is -2.09. The van der Waals surface area contributed by atoms with Gasteiger partial charge in [0, 0.05) is 11.6 Å². The zero-order chi connectivity index (χ0) is 10.7. The maximum Gasteiger partial charge on any atom is 0.134 e. The minimum absolute atomic E-state index is 0.123. The minimum atomic E-state index is -0.236. The highest BCUT2D eigenvalue weighted by atomic mass is 79.9. The molecule has 14 heavy (non-hydrogen) atoms. The Balaban J connectivity index is 3.28. The predicted octanol–water partition coefficient (Wildman–Crippen LogP) is 2.44. The number of hydrogen-bond acceptors (Lipinski definition) is 3. The summed E-state index contributed by atoms with van der Waals surface area (Å²) in [6, 6.07) is 4.97. The first-order chi connectivity index (χ1) is 6.60.